The Labute approximate surface area is 131 Å². The van der Waals surface area contributed by atoms with Crippen LogP contribution in [-0.4, -0.2) is 27.5 Å². The minimum absolute atomic E-state index is 0.148. The monoisotopic (exact) mass is 313 g/mol. The highest BCUT2D eigenvalue weighted by Gasteiger charge is 2.14. The fourth-order valence-electron chi connectivity index (χ4n) is 2.13. The van der Waals surface area contributed by atoms with Crippen LogP contribution in [-0.2, 0) is 0 Å². The number of benzene rings is 1. The zero-order valence-corrected chi connectivity index (χ0v) is 12.8. The SMILES string of the molecule is Cc1cc(C(=O)NCC(O)c2cc3ccccc3s2)ncn1. The molecule has 2 N–H and O–H groups in total. The van der Waals surface area contributed by atoms with Gasteiger partial charge in [-0.3, -0.25) is 4.79 Å². The molecule has 1 atom stereocenters. The minimum Gasteiger partial charge on any atom is -0.386 e. The summed E-state index contributed by atoms with van der Waals surface area (Å²) in [4.78, 5) is 20.7. The molecule has 0 saturated carbocycles. The van der Waals surface area contributed by atoms with E-state index in [-0.39, 0.29) is 12.5 Å². The number of hydrogen-bond acceptors (Lipinski definition) is 5. The van der Waals surface area contributed by atoms with Crippen LogP contribution in [0.4, 0.5) is 0 Å². The van der Waals surface area contributed by atoms with Gasteiger partial charge in [0.25, 0.3) is 5.91 Å². The summed E-state index contributed by atoms with van der Waals surface area (Å²) < 4.78 is 1.12. The van der Waals surface area contributed by atoms with E-state index in [1.54, 1.807) is 13.0 Å². The molecule has 2 heterocycles. The summed E-state index contributed by atoms with van der Waals surface area (Å²) in [7, 11) is 0. The first-order valence-electron chi connectivity index (χ1n) is 6.87. The molecule has 0 saturated heterocycles. The number of hydrogen-bond donors (Lipinski definition) is 2. The molecule has 0 spiro atoms. The van der Waals surface area contributed by atoms with Crippen LogP contribution >= 0.6 is 11.3 Å². The Morgan fingerprint density at radius 1 is 1.32 bits per heavy atom. The molecule has 22 heavy (non-hydrogen) atoms. The van der Waals surface area contributed by atoms with Crippen molar-refractivity contribution in [3.63, 3.8) is 0 Å². The van der Waals surface area contributed by atoms with Gasteiger partial charge in [-0.2, -0.15) is 0 Å². The van der Waals surface area contributed by atoms with Gasteiger partial charge < -0.3 is 10.4 Å². The van der Waals surface area contributed by atoms with E-state index < -0.39 is 6.10 Å². The van der Waals surface area contributed by atoms with Crippen molar-refractivity contribution in [3.8, 4) is 0 Å². The molecular formula is C16H15N3O2S. The highest BCUT2D eigenvalue weighted by molar-refractivity contribution is 7.19. The van der Waals surface area contributed by atoms with E-state index in [1.165, 1.54) is 17.7 Å². The largest absolute Gasteiger partial charge is 0.386 e. The molecule has 6 heteroatoms. The second-order valence-electron chi connectivity index (χ2n) is 4.96. The van der Waals surface area contributed by atoms with Crippen LogP contribution in [0.25, 0.3) is 10.1 Å². The Balaban J connectivity index is 1.66. The van der Waals surface area contributed by atoms with E-state index in [1.807, 2.05) is 30.3 Å². The lowest BCUT2D eigenvalue weighted by Crippen LogP contribution is -2.28. The quantitative estimate of drug-likeness (QED) is 0.776. The van der Waals surface area contributed by atoms with Crippen molar-refractivity contribution in [1.82, 2.24) is 15.3 Å². The smallest absolute Gasteiger partial charge is 0.270 e. The van der Waals surface area contributed by atoms with Crippen molar-refractivity contribution in [2.45, 2.75) is 13.0 Å². The molecule has 5 nitrogen and oxygen atoms in total. The third-order valence-corrected chi connectivity index (χ3v) is 4.48. The normalized spacial score (nSPS) is 12.3. The predicted molar refractivity (Wildman–Crippen MR) is 85.9 cm³/mol. The second-order valence-corrected chi connectivity index (χ2v) is 6.07. The molecule has 3 rings (SSSR count). The summed E-state index contributed by atoms with van der Waals surface area (Å²) in [6.07, 6.45) is 0.622. The summed E-state index contributed by atoms with van der Waals surface area (Å²) in [5, 5.41) is 14.0. The van der Waals surface area contributed by atoms with Crippen LogP contribution in [0.15, 0.2) is 42.7 Å². The van der Waals surface area contributed by atoms with Gasteiger partial charge in [0.1, 0.15) is 18.1 Å². The molecule has 0 aliphatic heterocycles. The van der Waals surface area contributed by atoms with Gasteiger partial charge >= 0.3 is 0 Å². The first-order chi connectivity index (χ1) is 10.6. The molecular weight excluding hydrogens is 298 g/mol. The average molecular weight is 313 g/mol. The van der Waals surface area contributed by atoms with Gasteiger partial charge in [-0.25, -0.2) is 9.97 Å². The fourth-order valence-corrected chi connectivity index (χ4v) is 3.18. The Morgan fingerprint density at radius 2 is 2.14 bits per heavy atom. The molecule has 0 bridgehead atoms. The first kappa shape index (κ1) is 14.6. The number of aromatic nitrogens is 2. The highest BCUT2D eigenvalue weighted by Crippen LogP contribution is 2.29. The predicted octanol–water partition coefficient (Wildman–Crippen LogP) is 2.46. The van der Waals surface area contributed by atoms with Gasteiger partial charge in [-0.1, -0.05) is 18.2 Å². The number of carbonyl (C=O) groups excluding carboxylic acids is 1. The molecule has 0 fully saturated rings. The van der Waals surface area contributed by atoms with Crippen LogP contribution in [0.2, 0.25) is 0 Å². The highest BCUT2D eigenvalue weighted by atomic mass is 32.1. The lowest BCUT2D eigenvalue weighted by Gasteiger charge is -2.09. The molecule has 3 aromatic rings. The number of aryl methyl sites for hydroxylation is 1. The zero-order valence-electron chi connectivity index (χ0n) is 12.0. The topological polar surface area (TPSA) is 75.1 Å². The fraction of sp³-hybridized carbons (Fsp3) is 0.188. The molecule has 1 unspecified atom stereocenters. The number of nitrogens with zero attached hydrogens (tertiary/aromatic N) is 2. The number of amides is 1. The Kier molecular flexibility index (Phi) is 4.13. The van der Waals surface area contributed by atoms with E-state index in [0.717, 1.165) is 20.7 Å². The summed E-state index contributed by atoms with van der Waals surface area (Å²) >= 11 is 1.53. The number of carbonyl (C=O) groups is 1. The van der Waals surface area contributed by atoms with Crippen molar-refractivity contribution in [3.05, 3.63) is 59.0 Å². The molecule has 1 amide bonds. The number of fused-ring (bicyclic) bond motifs is 1. The third-order valence-electron chi connectivity index (χ3n) is 3.27. The lowest BCUT2D eigenvalue weighted by atomic mass is 10.2. The summed E-state index contributed by atoms with van der Waals surface area (Å²) in [6, 6.07) is 11.5. The maximum Gasteiger partial charge on any atom is 0.270 e. The van der Waals surface area contributed by atoms with Gasteiger partial charge in [-0.05, 0) is 30.5 Å². The van der Waals surface area contributed by atoms with Crippen LogP contribution < -0.4 is 5.32 Å². The molecule has 2 aromatic heterocycles. The Bertz CT molecular complexity index is 783. The maximum absolute atomic E-state index is 12.0. The van der Waals surface area contributed by atoms with Crippen LogP contribution in [0.1, 0.15) is 27.2 Å². The Morgan fingerprint density at radius 3 is 2.91 bits per heavy atom. The van der Waals surface area contributed by atoms with Crippen molar-refractivity contribution in [2.24, 2.45) is 0 Å². The van der Waals surface area contributed by atoms with Gasteiger partial charge in [-0.15, -0.1) is 11.3 Å². The van der Waals surface area contributed by atoms with Crippen LogP contribution in [0.3, 0.4) is 0 Å². The maximum atomic E-state index is 12.0. The molecule has 0 aliphatic rings. The number of aliphatic hydroxyl groups excluding tert-OH is 1. The van der Waals surface area contributed by atoms with E-state index in [4.69, 9.17) is 0 Å². The number of thiophene rings is 1. The summed E-state index contributed by atoms with van der Waals surface area (Å²) in [6.45, 7) is 1.94. The summed E-state index contributed by atoms with van der Waals surface area (Å²) in [5.41, 5.74) is 1.03. The lowest BCUT2D eigenvalue weighted by molar-refractivity contribution is 0.0913. The van der Waals surface area contributed by atoms with E-state index in [0.29, 0.717) is 5.69 Å². The van der Waals surface area contributed by atoms with Crippen molar-refractivity contribution < 1.29 is 9.90 Å². The van der Waals surface area contributed by atoms with E-state index in [9.17, 15) is 9.90 Å². The number of nitrogens with one attached hydrogen (secondary N) is 1. The van der Waals surface area contributed by atoms with E-state index in [2.05, 4.69) is 15.3 Å². The van der Waals surface area contributed by atoms with Gasteiger partial charge in [0.05, 0.1) is 0 Å². The van der Waals surface area contributed by atoms with Crippen LogP contribution in [0, 0.1) is 6.92 Å². The van der Waals surface area contributed by atoms with Gasteiger partial charge in [0.15, 0.2) is 0 Å². The third kappa shape index (κ3) is 3.13. The number of rotatable bonds is 4. The molecule has 0 aliphatic carbocycles. The van der Waals surface area contributed by atoms with Crippen LogP contribution in [0.5, 0.6) is 0 Å². The molecule has 112 valence electrons. The minimum atomic E-state index is -0.732. The van der Waals surface area contributed by atoms with Gasteiger partial charge in [0, 0.05) is 21.8 Å². The zero-order chi connectivity index (χ0) is 15.5. The second kappa shape index (κ2) is 6.21. The van der Waals surface area contributed by atoms with Gasteiger partial charge in [0.2, 0.25) is 0 Å². The standard InChI is InChI=1S/C16H15N3O2S/c1-10-6-12(19-9-18-10)16(21)17-8-13(20)15-7-11-4-2-3-5-14(11)22-15/h2-7,9,13,20H,8H2,1H3,(H,17,21). The summed E-state index contributed by atoms with van der Waals surface area (Å²) in [5.74, 6) is -0.314. The molecule has 0 radical (unpaired) electrons. The average Bonchev–Trinajstić information content (AvgIpc) is 2.96. The first-order valence-corrected chi connectivity index (χ1v) is 7.68. The van der Waals surface area contributed by atoms with Crippen molar-refractivity contribution in [2.75, 3.05) is 6.54 Å². The Hall–Kier alpha value is -2.31. The molecule has 1 aromatic carbocycles. The van der Waals surface area contributed by atoms with Crippen molar-refractivity contribution in [1.29, 1.82) is 0 Å². The number of aliphatic hydroxyl groups is 1. The van der Waals surface area contributed by atoms with E-state index >= 15 is 0 Å². The van der Waals surface area contributed by atoms with Crippen molar-refractivity contribution >= 4 is 27.3 Å².